The zero-order chi connectivity index (χ0) is 14.2. The Labute approximate surface area is 116 Å². The predicted molar refractivity (Wildman–Crippen MR) is 72.8 cm³/mol. The van der Waals surface area contributed by atoms with E-state index in [4.69, 9.17) is 14.6 Å². The summed E-state index contributed by atoms with van der Waals surface area (Å²) in [6, 6.07) is 10.2. The van der Waals surface area contributed by atoms with Crippen LogP contribution in [0.25, 0.3) is 0 Å². The summed E-state index contributed by atoms with van der Waals surface area (Å²) in [5.74, 6) is -0.446. The van der Waals surface area contributed by atoms with Gasteiger partial charge in [-0.3, -0.25) is 4.98 Å². The molecule has 1 N–H and O–H groups in total. The Morgan fingerprint density at radius 3 is 2.85 bits per heavy atom. The second-order valence-electron chi connectivity index (χ2n) is 4.10. The molecule has 0 spiro atoms. The number of rotatable bonds is 7. The van der Waals surface area contributed by atoms with Crippen LogP contribution in [0.5, 0.6) is 5.75 Å². The fourth-order valence-electron chi connectivity index (χ4n) is 1.61. The van der Waals surface area contributed by atoms with Gasteiger partial charge < -0.3 is 14.6 Å². The van der Waals surface area contributed by atoms with Gasteiger partial charge in [0.25, 0.3) is 0 Å². The number of nitrogens with zero attached hydrogens (tertiary/aromatic N) is 1. The molecule has 0 aliphatic carbocycles. The third-order valence-electron chi connectivity index (χ3n) is 2.57. The lowest BCUT2D eigenvalue weighted by atomic mass is 10.2. The Morgan fingerprint density at radius 1 is 1.20 bits per heavy atom. The van der Waals surface area contributed by atoms with Gasteiger partial charge >= 0.3 is 5.97 Å². The zero-order valence-electron chi connectivity index (χ0n) is 10.9. The molecule has 0 aliphatic heterocycles. The van der Waals surface area contributed by atoms with Crippen molar-refractivity contribution in [1.29, 1.82) is 0 Å². The van der Waals surface area contributed by atoms with E-state index in [0.717, 1.165) is 5.56 Å². The number of carboxylic acid groups (broad SMARTS) is 1. The molecule has 0 unspecified atom stereocenters. The van der Waals surface area contributed by atoms with Crippen molar-refractivity contribution < 1.29 is 19.4 Å². The van der Waals surface area contributed by atoms with Gasteiger partial charge in [0.2, 0.25) is 0 Å². The predicted octanol–water partition coefficient (Wildman–Crippen LogP) is 2.38. The molecule has 1 aromatic carbocycles. The van der Waals surface area contributed by atoms with E-state index < -0.39 is 5.97 Å². The summed E-state index contributed by atoms with van der Waals surface area (Å²) in [4.78, 5) is 14.8. The number of hydrogen-bond donors (Lipinski definition) is 1. The van der Waals surface area contributed by atoms with Crippen LogP contribution in [-0.4, -0.2) is 29.3 Å². The van der Waals surface area contributed by atoms with E-state index >= 15 is 0 Å². The van der Waals surface area contributed by atoms with Crippen LogP contribution in [-0.2, 0) is 11.3 Å². The summed E-state index contributed by atoms with van der Waals surface area (Å²) in [6.07, 6.45) is 3.46. The average Bonchev–Trinajstić information content (AvgIpc) is 2.48. The highest BCUT2D eigenvalue weighted by Crippen LogP contribution is 2.13. The molecule has 1 aromatic heterocycles. The topological polar surface area (TPSA) is 68.7 Å². The second kappa shape index (κ2) is 7.25. The first-order valence-electron chi connectivity index (χ1n) is 6.18. The monoisotopic (exact) mass is 273 g/mol. The van der Waals surface area contributed by atoms with Crippen molar-refractivity contribution in [3.8, 4) is 5.75 Å². The molecule has 20 heavy (non-hydrogen) atoms. The Kier molecular flexibility index (Phi) is 5.08. The molecule has 104 valence electrons. The number of aromatic nitrogens is 1. The van der Waals surface area contributed by atoms with Gasteiger partial charge in [0, 0.05) is 12.4 Å². The first-order valence-corrected chi connectivity index (χ1v) is 6.18. The molecule has 0 saturated carbocycles. The molecule has 0 bridgehead atoms. The van der Waals surface area contributed by atoms with Gasteiger partial charge in [0.15, 0.2) is 0 Å². The third-order valence-corrected chi connectivity index (χ3v) is 2.57. The van der Waals surface area contributed by atoms with Crippen LogP contribution in [0.15, 0.2) is 48.8 Å². The molecule has 5 nitrogen and oxygen atoms in total. The van der Waals surface area contributed by atoms with Gasteiger partial charge in [-0.15, -0.1) is 0 Å². The van der Waals surface area contributed by atoms with Gasteiger partial charge in [0.1, 0.15) is 12.4 Å². The summed E-state index contributed by atoms with van der Waals surface area (Å²) in [5.41, 5.74) is 1.21. The molecule has 0 fully saturated rings. The van der Waals surface area contributed by atoms with E-state index in [1.165, 1.54) is 12.1 Å². The van der Waals surface area contributed by atoms with Crippen LogP contribution in [0.4, 0.5) is 0 Å². The average molecular weight is 273 g/mol. The first-order chi connectivity index (χ1) is 9.75. The summed E-state index contributed by atoms with van der Waals surface area (Å²) >= 11 is 0. The van der Waals surface area contributed by atoms with Crippen molar-refractivity contribution in [2.45, 2.75) is 6.61 Å². The van der Waals surface area contributed by atoms with E-state index in [2.05, 4.69) is 4.98 Å². The van der Waals surface area contributed by atoms with Crippen molar-refractivity contribution in [3.05, 3.63) is 59.9 Å². The van der Waals surface area contributed by atoms with E-state index in [1.54, 1.807) is 24.5 Å². The second-order valence-corrected chi connectivity index (χ2v) is 4.10. The van der Waals surface area contributed by atoms with E-state index in [9.17, 15) is 4.79 Å². The van der Waals surface area contributed by atoms with Crippen molar-refractivity contribution >= 4 is 5.97 Å². The first kappa shape index (κ1) is 14.0. The van der Waals surface area contributed by atoms with Gasteiger partial charge in [-0.2, -0.15) is 0 Å². The lowest BCUT2D eigenvalue weighted by Crippen LogP contribution is -2.07. The molecule has 0 saturated heterocycles. The molecular weight excluding hydrogens is 258 g/mol. The summed E-state index contributed by atoms with van der Waals surface area (Å²) in [6.45, 7) is 1.27. The Bertz CT molecular complexity index is 557. The third kappa shape index (κ3) is 4.37. The normalized spacial score (nSPS) is 10.2. The SMILES string of the molecule is O=C(O)c1cccc(OCCOCc2cccnc2)c1. The zero-order valence-corrected chi connectivity index (χ0v) is 10.9. The molecular formula is C15H15NO4. The van der Waals surface area contributed by atoms with Crippen LogP contribution in [0.3, 0.4) is 0 Å². The van der Waals surface area contributed by atoms with Crippen LogP contribution in [0.2, 0.25) is 0 Å². The van der Waals surface area contributed by atoms with Crippen LogP contribution >= 0.6 is 0 Å². The molecule has 1 heterocycles. The minimum absolute atomic E-state index is 0.207. The van der Waals surface area contributed by atoms with Gasteiger partial charge in [-0.1, -0.05) is 12.1 Å². The molecule has 2 rings (SSSR count). The Morgan fingerprint density at radius 2 is 2.10 bits per heavy atom. The largest absolute Gasteiger partial charge is 0.491 e. The molecule has 0 radical (unpaired) electrons. The highest BCUT2D eigenvalue weighted by molar-refractivity contribution is 5.87. The number of carbonyl (C=O) groups is 1. The Balaban J connectivity index is 1.71. The summed E-state index contributed by atoms with van der Waals surface area (Å²) in [7, 11) is 0. The number of aromatic carboxylic acids is 1. The highest BCUT2D eigenvalue weighted by atomic mass is 16.5. The van der Waals surface area contributed by atoms with Crippen molar-refractivity contribution in [1.82, 2.24) is 4.98 Å². The Hall–Kier alpha value is -2.40. The van der Waals surface area contributed by atoms with Gasteiger partial charge in [0.05, 0.1) is 18.8 Å². The van der Waals surface area contributed by atoms with Crippen molar-refractivity contribution in [2.24, 2.45) is 0 Å². The molecule has 0 aliphatic rings. The van der Waals surface area contributed by atoms with E-state index in [-0.39, 0.29) is 5.56 Å². The maximum absolute atomic E-state index is 10.8. The number of benzene rings is 1. The van der Waals surface area contributed by atoms with Crippen molar-refractivity contribution in [2.75, 3.05) is 13.2 Å². The molecule has 2 aromatic rings. The molecule has 5 heteroatoms. The minimum atomic E-state index is -0.969. The molecule has 0 atom stereocenters. The van der Waals surface area contributed by atoms with Crippen LogP contribution < -0.4 is 4.74 Å². The fraction of sp³-hybridized carbons (Fsp3) is 0.200. The van der Waals surface area contributed by atoms with Crippen LogP contribution in [0, 0.1) is 0 Å². The highest BCUT2D eigenvalue weighted by Gasteiger charge is 2.03. The number of ether oxygens (including phenoxy) is 2. The maximum Gasteiger partial charge on any atom is 0.335 e. The van der Waals surface area contributed by atoms with Gasteiger partial charge in [-0.05, 0) is 29.8 Å². The van der Waals surface area contributed by atoms with Crippen LogP contribution in [0.1, 0.15) is 15.9 Å². The summed E-state index contributed by atoms with van der Waals surface area (Å²) < 4.78 is 10.9. The molecule has 0 amide bonds. The number of carboxylic acids is 1. The van der Waals surface area contributed by atoms with Gasteiger partial charge in [-0.25, -0.2) is 4.79 Å². The smallest absolute Gasteiger partial charge is 0.335 e. The fourth-order valence-corrected chi connectivity index (χ4v) is 1.61. The standard InChI is InChI=1S/C15H15NO4/c17-15(18)13-4-1-5-14(9-13)20-8-7-19-11-12-3-2-6-16-10-12/h1-6,9-10H,7-8,11H2,(H,17,18). The number of pyridine rings is 1. The maximum atomic E-state index is 10.8. The summed E-state index contributed by atoms with van der Waals surface area (Å²) in [5, 5.41) is 8.86. The van der Waals surface area contributed by atoms with E-state index in [1.807, 2.05) is 12.1 Å². The lowest BCUT2D eigenvalue weighted by Gasteiger charge is -2.07. The van der Waals surface area contributed by atoms with Crippen molar-refractivity contribution in [3.63, 3.8) is 0 Å². The minimum Gasteiger partial charge on any atom is -0.491 e. The quantitative estimate of drug-likeness (QED) is 0.784. The number of hydrogen-bond acceptors (Lipinski definition) is 4. The lowest BCUT2D eigenvalue weighted by molar-refractivity contribution is 0.0695. The van der Waals surface area contributed by atoms with E-state index in [0.29, 0.717) is 25.6 Å².